The number of esters is 4. The molecule has 127 heavy (non-hydrogen) atoms. The molecule has 6 aliphatic carbocycles. The van der Waals surface area contributed by atoms with Crippen molar-refractivity contribution in [3.05, 3.63) is 203 Å². The van der Waals surface area contributed by atoms with E-state index in [1.54, 1.807) is 21.3 Å². The Bertz CT molecular complexity index is 3910. The van der Waals surface area contributed by atoms with Gasteiger partial charge in [0.15, 0.2) is 0 Å². The Morgan fingerprint density at radius 3 is 0.976 bits per heavy atom. The minimum absolute atomic E-state index is 0.0214. The van der Waals surface area contributed by atoms with Crippen LogP contribution in [-0.4, -0.2) is 89.4 Å². The van der Waals surface area contributed by atoms with Crippen LogP contribution in [0.1, 0.15) is 415 Å². The lowest BCUT2D eigenvalue weighted by molar-refractivity contribution is -0.162. The van der Waals surface area contributed by atoms with Crippen LogP contribution in [0.15, 0.2) is 164 Å². The summed E-state index contributed by atoms with van der Waals surface area (Å²) >= 11 is 0. The summed E-state index contributed by atoms with van der Waals surface area (Å²) in [7, 11) is 4.93. The number of carbonyl (C=O) groups excluding carboxylic acids is 4. The van der Waals surface area contributed by atoms with E-state index in [1.807, 2.05) is 96.1 Å². The van der Waals surface area contributed by atoms with Gasteiger partial charge in [0, 0.05) is 21.3 Å². The van der Waals surface area contributed by atoms with Gasteiger partial charge in [0.1, 0.15) is 25.4 Å². The van der Waals surface area contributed by atoms with Crippen molar-refractivity contribution in [2.45, 2.75) is 406 Å². The maximum absolute atomic E-state index is 11.9. The zero-order chi connectivity index (χ0) is 94.9. The van der Waals surface area contributed by atoms with Crippen LogP contribution >= 0.6 is 0 Å². The molecule has 0 heterocycles. The molecule has 0 bridgehead atoms. The smallest absolute Gasteiger partial charge is 0.311 e. The van der Waals surface area contributed by atoms with Gasteiger partial charge >= 0.3 is 23.9 Å². The van der Waals surface area contributed by atoms with Crippen molar-refractivity contribution < 1.29 is 52.3 Å². The summed E-state index contributed by atoms with van der Waals surface area (Å²) in [5, 5.41) is 5.37. The number of methoxy groups -OCH3 is 3. The molecule has 0 amide bonds. The van der Waals surface area contributed by atoms with E-state index in [0.717, 1.165) is 64.2 Å². The van der Waals surface area contributed by atoms with Gasteiger partial charge in [-0.25, -0.2) is 0 Å². The zero-order valence-electron chi connectivity index (χ0n) is 85.5. The number of ether oxygens (including phenoxy) is 7. The predicted molar refractivity (Wildman–Crippen MR) is 544 cm³/mol. The average molecular weight is 1750 g/mol. The first kappa shape index (κ1) is 116. The van der Waals surface area contributed by atoms with Gasteiger partial charge in [0.2, 0.25) is 0 Å². The lowest BCUT2D eigenvalue weighted by Gasteiger charge is -2.30. The van der Waals surface area contributed by atoms with Gasteiger partial charge in [-0.15, -0.1) is 0 Å². The Morgan fingerprint density at radius 2 is 0.638 bits per heavy atom. The molecule has 11 heteroatoms. The molecule has 6 saturated carbocycles. The van der Waals surface area contributed by atoms with Crippen LogP contribution in [0.5, 0.6) is 0 Å². The summed E-state index contributed by atoms with van der Waals surface area (Å²) in [4.78, 5) is 46.3. The number of benzene rings is 7. The lowest BCUT2D eigenvalue weighted by Crippen LogP contribution is -2.33. The highest BCUT2D eigenvalue weighted by molar-refractivity contribution is 5.84. The van der Waals surface area contributed by atoms with E-state index in [9.17, 15) is 19.2 Å². The van der Waals surface area contributed by atoms with Crippen molar-refractivity contribution in [2.24, 2.45) is 21.7 Å². The van der Waals surface area contributed by atoms with Crippen LogP contribution in [0.25, 0.3) is 33.7 Å². The number of fused-ring (bicyclic) bond motifs is 2. The molecule has 0 spiro atoms. The summed E-state index contributed by atoms with van der Waals surface area (Å²) in [6.45, 7) is 51.1. The first-order valence-electron chi connectivity index (χ1n) is 49.6. The summed E-state index contributed by atoms with van der Waals surface area (Å²) in [5.41, 5.74) is 8.57. The van der Waals surface area contributed by atoms with Crippen LogP contribution in [0.3, 0.4) is 0 Å². The maximum atomic E-state index is 11.9. The fourth-order valence-electron chi connectivity index (χ4n) is 11.6. The third-order valence-corrected chi connectivity index (χ3v) is 24.8. The third kappa shape index (κ3) is 52.3. The third-order valence-electron chi connectivity index (χ3n) is 24.8. The quantitative estimate of drug-likeness (QED) is 0.0211. The fourth-order valence-corrected chi connectivity index (χ4v) is 11.6. The van der Waals surface area contributed by atoms with Crippen molar-refractivity contribution in [3.63, 3.8) is 0 Å². The summed E-state index contributed by atoms with van der Waals surface area (Å²) < 4.78 is 36.1. The van der Waals surface area contributed by atoms with Gasteiger partial charge in [-0.2, -0.15) is 0 Å². The molecule has 7 aromatic carbocycles. The second-order valence-electron chi connectivity index (χ2n) is 39.4. The van der Waals surface area contributed by atoms with Crippen LogP contribution in [0, 0.1) is 21.7 Å². The zero-order valence-corrected chi connectivity index (χ0v) is 85.5. The predicted octanol–water partition coefficient (Wildman–Crippen LogP) is 33.1. The maximum Gasteiger partial charge on any atom is 0.311 e. The molecule has 11 nitrogen and oxygen atoms in total. The summed E-state index contributed by atoms with van der Waals surface area (Å²) in [6.07, 6.45) is 40.7. The normalized spacial score (nSPS) is 16.5. The molecular formula is C116H182O11. The Balaban J connectivity index is 0.000000482. The second-order valence-corrected chi connectivity index (χ2v) is 39.4. The molecule has 6 aliphatic rings. The highest BCUT2D eigenvalue weighted by Crippen LogP contribution is 2.33. The van der Waals surface area contributed by atoms with Crippen molar-refractivity contribution >= 4 is 57.6 Å². The van der Waals surface area contributed by atoms with Crippen LogP contribution in [-0.2, 0) is 57.8 Å². The second kappa shape index (κ2) is 64.4. The molecule has 0 aromatic heterocycles. The van der Waals surface area contributed by atoms with E-state index in [2.05, 4.69) is 246 Å². The first-order chi connectivity index (χ1) is 60.4. The standard InChI is InChI=1S/C18H20.2C14H16.C14H22.C13H24O3.C12H22O2.C10H20O3.C9H18O3.4C3H6/c1-3-15(2)18-13-11-17(12-14-18)10-9-16-7-5-4-6-8-16;2*1-3-11(2)13-9-8-12-6-4-5-7-14(12)10-13;1-6-11(2)12-7-9-13(10-8-12)14(3,4)5;1-5-13(2,3)12(14)16-11-8-6-10(15-4)7-9-11;1-4-12(2,3)11(13)14-10-8-6-5-7-9-10;1-6-10(3,4)9(11)13-7-8(2)12-5;1-5-9(2,3)8(10)12-7-6-11-4;4*1-2-3-1/h4-15H,3H2,1-2H3;2*4-11H,3H2,1-2H3;7-11H,6H2,1-5H3;10-11H,5-9H2,1-4H3;10H,4-9H2,1-3H3;8H,6-7H2,1-5H3;5-7H2,1-4H3;4*1-3H2/b10-9+;;;;;;;;;;;. The molecule has 7 aromatic rings. The van der Waals surface area contributed by atoms with Crippen LogP contribution in [0.4, 0.5) is 0 Å². The van der Waals surface area contributed by atoms with E-state index in [-0.39, 0.29) is 69.3 Å². The Kier molecular flexibility index (Phi) is 58.6. The molecule has 13 rings (SSSR count). The van der Waals surface area contributed by atoms with Gasteiger partial charge in [-0.3, -0.25) is 19.2 Å². The molecule has 0 radical (unpaired) electrons. The number of hydrogen-bond acceptors (Lipinski definition) is 11. The molecule has 6 fully saturated rings. The van der Waals surface area contributed by atoms with Gasteiger partial charge in [-0.05, 0) is 255 Å². The molecular weight excluding hydrogens is 1570 g/mol. The van der Waals surface area contributed by atoms with Crippen molar-refractivity contribution in [3.8, 4) is 0 Å². The summed E-state index contributed by atoms with van der Waals surface area (Å²) in [5.74, 6) is 2.28. The monoisotopic (exact) mass is 1750 g/mol. The molecule has 0 saturated heterocycles. The van der Waals surface area contributed by atoms with Gasteiger partial charge in [0.05, 0.1) is 40.5 Å². The van der Waals surface area contributed by atoms with E-state index in [1.165, 1.54) is 182 Å². The lowest BCUT2D eigenvalue weighted by atomic mass is 9.85. The number of hydrogen-bond donors (Lipinski definition) is 0. The Labute approximate surface area is 776 Å². The van der Waals surface area contributed by atoms with Crippen LogP contribution < -0.4 is 0 Å². The highest BCUT2D eigenvalue weighted by Gasteiger charge is 2.33. The Hall–Kier alpha value is -7.44. The average Bonchev–Trinajstić information content (AvgIpc) is 1.83. The van der Waals surface area contributed by atoms with Gasteiger partial charge < -0.3 is 33.2 Å². The highest BCUT2D eigenvalue weighted by atomic mass is 16.6. The summed E-state index contributed by atoms with van der Waals surface area (Å²) in [6, 6.07) is 58.9. The Morgan fingerprint density at radius 1 is 0.331 bits per heavy atom. The van der Waals surface area contributed by atoms with Crippen LogP contribution in [0.2, 0.25) is 0 Å². The van der Waals surface area contributed by atoms with Crippen molar-refractivity contribution in [2.75, 3.05) is 41.2 Å². The fraction of sp³-hybridized carbons (Fsp3) is 0.621. The van der Waals surface area contributed by atoms with E-state index >= 15 is 0 Å². The van der Waals surface area contributed by atoms with Crippen molar-refractivity contribution in [1.29, 1.82) is 0 Å². The minimum Gasteiger partial charge on any atom is -0.463 e. The number of rotatable bonds is 27. The van der Waals surface area contributed by atoms with E-state index in [0.29, 0.717) is 49.6 Å². The van der Waals surface area contributed by atoms with Crippen molar-refractivity contribution in [1.82, 2.24) is 0 Å². The largest absolute Gasteiger partial charge is 0.463 e. The van der Waals surface area contributed by atoms with Gasteiger partial charge in [-0.1, -0.05) is 363 Å². The molecule has 712 valence electrons. The number of carbonyl (C=O) groups is 4. The SMILES string of the molecule is C1CC1.C1CC1.C1CC1.C1CC1.CCC(C)(C)C(=O)OC1CCC(OC)CC1.CCC(C)(C)C(=O)OC1CCCCC1.CCC(C)(C)C(=O)OCC(C)OC.CCC(C)(C)C(=O)OCCOC.CCC(C)c1ccc(/C=C/c2ccccc2)cc1.CCC(C)c1ccc(C(C)(C)C)cc1.CCC(C)c1ccc2ccccc2c1.CCC(C)c1ccc2ccccc2c1. The van der Waals surface area contributed by atoms with Gasteiger partial charge in [0.25, 0.3) is 0 Å². The first-order valence-corrected chi connectivity index (χ1v) is 49.6. The molecule has 5 unspecified atom stereocenters. The minimum atomic E-state index is -0.381. The van der Waals surface area contributed by atoms with E-state index in [4.69, 9.17) is 33.2 Å². The molecule has 0 aliphatic heterocycles. The van der Waals surface area contributed by atoms with E-state index < -0.39 is 0 Å². The molecule has 5 atom stereocenters. The molecule has 0 N–H and O–H groups in total. The topological polar surface area (TPSA) is 133 Å².